The van der Waals surface area contributed by atoms with E-state index in [0.29, 0.717) is 18.1 Å². The Kier molecular flexibility index (Phi) is 6.01. The number of fused-ring (bicyclic) bond motifs is 1. The van der Waals surface area contributed by atoms with Crippen LogP contribution in [-0.4, -0.2) is 68.4 Å². The largest absolute Gasteiger partial charge is 0.462 e. The van der Waals surface area contributed by atoms with Gasteiger partial charge in [-0.2, -0.15) is 0 Å². The van der Waals surface area contributed by atoms with Crippen molar-refractivity contribution in [3.63, 3.8) is 0 Å². The zero-order valence-corrected chi connectivity index (χ0v) is 17.7. The van der Waals surface area contributed by atoms with Gasteiger partial charge >= 0.3 is 5.97 Å². The van der Waals surface area contributed by atoms with E-state index in [0.717, 1.165) is 68.9 Å². The van der Waals surface area contributed by atoms with E-state index in [-0.39, 0.29) is 5.97 Å². The van der Waals surface area contributed by atoms with Crippen LogP contribution in [0.25, 0.3) is 10.9 Å². The fraction of sp³-hybridized carbons (Fsp3) is 0.565. The van der Waals surface area contributed by atoms with Gasteiger partial charge in [0.05, 0.1) is 31.0 Å². The predicted molar refractivity (Wildman–Crippen MR) is 115 cm³/mol. The first-order chi connectivity index (χ1) is 14.1. The van der Waals surface area contributed by atoms with Crippen LogP contribution in [0.15, 0.2) is 18.3 Å². The molecule has 2 aromatic rings. The molecular weight excluding hydrogens is 366 g/mol. The smallest absolute Gasteiger partial charge is 0.341 e. The minimum absolute atomic E-state index is 0.285. The number of aromatic nitrogens is 1. The first-order valence-corrected chi connectivity index (χ1v) is 10.7. The van der Waals surface area contributed by atoms with E-state index in [2.05, 4.69) is 40.8 Å². The van der Waals surface area contributed by atoms with Crippen molar-refractivity contribution in [1.82, 2.24) is 9.88 Å². The third-order valence-corrected chi connectivity index (χ3v) is 6.25. The van der Waals surface area contributed by atoms with Crippen LogP contribution in [0.1, 0.15) is 34.8 Å². The zero-order valence-electron chi connectivity index (χ0n) is 17.7. The molecule has 0 N–H and O–H groups in total. The molecule has 0 aliphatic carbocycles. The lowest BCUT2D eigenvalue weighted by Crippen LogP contribution is -2.40. The van der Waals surface area contributed by atoms with Gasteiger partial charge in [0.2, 0.25) is 0 Å². The number of carbonyl (C=O) groups is 1. The molecule has 1 atom stereocenters. The Labute approximate surface area is 172 Å². The van der Waals surface area contributed by atoms with Crippen LogP contribution in [0.4, 0.5) is 5.69 Å². The quantitative estimate of drug-likeness (QED) is 0.723. The summed E-state index contributed by atoms with van der Waals surface area (Å²) >= 11 is 0. The molecule has 156 valence electrons. The highest BCUT2D eigenvalue weighted by Gasteiger charge is 2.30. The molecule has 1 unspecified atom stereocenters. The van der Waals surface area contributed by atoms with Crippen LogP contribution in [0.3, 0.4) is 0 Å². The molecule has 6 heteroatoms. The number of aryl methyl sites for hydroxylation is 2. The summed E-state index contributed by atoms with van der Waals surface area (Å²) in [6, 6.07) is 4.23. The second-order valence-electron chi connectivity index (χ2n) is 8.16. The molecule has 2 aliphatic heterocycles. The Balaban J connectivity index is 1.66. The number of benzene rings is 1. The number of esters is 1. The molecule has 4 rings (SSSR count). The fourth-order valence-corrected chi connectivity index (χ4v) is 4.53. The van der Waals surface area contributed by atoms with E-state index in [1.165, 1.54) is 11.1 Å². The van der Waals surface area contributed by atoms with E-state index in [9.17, 15) is 4.79 Å². The highest BCUT2D eigenvalue weighted by molar-refractivity contribution is 6.06. The summed E-state index contributed by atoms with van der Waals surface area (Å²) in [6.45, 7) is 13.1. The third kappa shape index (κ3) is 4.09. The van der Waals surface area contributed by atoms with Crippen molar-refractivity contribution >= 4 is 22.6 Å². The van der Waals surface area contributed by atoms with Crippen molar-refractivity contribution in [3.05, 3.63) is 35.0 Å². The molecule has 1 aromatic carbocycles. The van der Waals surface area contributed by atoms with Gasteiger partial charge in [-0.25, -0.2) is 4.79 Å². The van der Waals surface area contributed by atoms with Gasteiger partial charge < -0.3 is 14.4 Å². The van der Waals surface area contributed by atoms with Crippen molar-refractivity contribution in [2.45, 2.75) is 27.2 Å². The number of hydrogen-bond acceptors (Lipinski definition) is 6. The Morgan fingerprint density at radius 3 is 2.79 bits per heavy atom. The molecule has 0 bridgehead atoms. The van der Waals surface area contributed by atoms with E-state index in [1.807, 2.05) is 6.92 Å². The molecule has 0 saturated carbocycles. The highest BCUT2D eigenvalue weighted by atomic mass is 16.5. The van der Waals surface area contributed by atoms with Crippen LogP contribution >= 0.6 is 0 Å². The van der Waals surface area contributed by atoms with Crippen molar-refractivity contribution in [1.29, 1.82) is 0 Å². The SMILES string of the molecule is CCOC(=O)c1cnc2c(C)c(C)ccc2c1N1CCC(CN2CCOCC2)C1. The number of anilines is 1. The Hall–Kier alpha value is -2.18. The summed E-state index contributed by atoms with van der Waals surface area (Å²) in [7, 11) is 0. The molecule has 0 spiro atoms. The minimum atomic E-state index is -0.285. The van der Waals surface area contributed by atoms with E-state index < -0.39 is 0 Å². The monoisotopic (exact) mass is 397 g/mol. The van der Waals surface area contributed by atoms with Crippen LogP contribution in [0, 0.1) is 19.8 Å². The van der Waals surface area contributed by atoms with Gasteiger partial charge in [-0.05, 0) is 44.2 Å². The van der Waals surface area contributed by atoms with Gasteiger partial charge in [0.25, 0.3) is 0 Å². The molecule has 0 radical (unpaired) electrons. The number of ether oxygens (including phenoxy) is 2. The maximum absolute atomic E-state index is 12.7. The van der Waals surface area contributed by atoms with E-state index >= 15 is 0 Å². The van der Waals surface area contributed by atoms with Gasteiger partial charge in [-0.3, -0.25) is 9.88 Å². The molecule has 29 heavy (non-hydrogen) atoms. The number of rotatable bonds is 5. The normalized spacial score (nSPS) is 20.4. The molecule has 2 aliphatic rings. The lowest BCUT2D eigenvalue weighted by molar-refractivity contribution is 0.0320. The number of pyridine rings is 1. The molecule has 1 aromatic heterocycles. The molecule has 3 heterocycles. The van der Waals surface area contributed by atoms with Crippen molar-refractivity contribution in [3.8, 4) is 0 Å². The first-order valence-electron chi connectivity index (χ1n) is 10.7. The van der Waals surface area contributed by atoms with Crippen LogP contribution in [0.2, 0.25) is 0 Å². The maximum atomic E-state index is 12.7. The van der Waals surface area contributed by atoms with Gasteiger partial charge in [0, 0.05) is 44.3 Å². The van der Waals surface area contributed by atoms with E-state index in [1.54, 1.807) is 6.20 Å². The number of hydrogen-bond donors (Lipinski definition) is 0. The summed E-state index contributed by atoms with van der Waals surface area (Å²) in [5.41, 5.74) is 4.93. The molecule has 0 amide bonds. The lowest BCUT2D eigenvalue weighted by atomic mass is 10.0. The van der Waals surface area contributed by atoms with Gasteiger partial charge in [0.15, 0.2) is 0 Å². The predicted octanol–water partition coefficient (Wildman–Crippen LogP) is 3.19. The Morgan fingerprint density at radius 1 is 1.24 bits per heavy atom. The second kappa shape index (κ2) is 8.67. The minimum Gasteiger partial charge on any atom is -0.462 e. The number of carbonyl (C=O) groups excluding carboxylic acids is 1. The van der Waals surface area contributed by atoms with E-state index in [4.69, 9.17) is 9.47 Å². The van der Waals surface area contributed by atoms with Gasteiger partial charge in [-0.1, -0.05) is 12.1 Å². The summed E-state index contributed by atoms with van der Waals surface area (Å²) < 4.78 is 10.8. The van der Waals surface area contributed by atoms with Crippen molar-refractivity contribution < 1.29 is 14.3 Å². The summed E-state index contributed by atoms with van der Waals surface area (Å²) in [4.78, 5) is 22.2. The number of nitrogens with zero attached hydrogens (tertiary/aromatic N) is 3. The van der Waals surface area contributed by atoms with Crippen molar-refractivity contribution in [2.75, 3.05) is 57.4 Å². The summed E-state index contributed by atoms with van der Waals surface area (Å²) in [5, 5.41) is 1.05. The molecule has 2 saturated heterocycles. The summed E-state index contributed by atoms with van der Waals surface area (Å²) in [5.74, 6) is 0.310. The van der Waals surface area contributed by atoms with Crippen molar-refractivity contribution in [2.24, 2.45) is 5.92 Å². The Morgan fingerprint density at radius 2 is 2.03 bits per heavy atom. The van der Waals surface area contributed by atoms with Crippen LogP contribution in [-0.2, 0) is 9.47 Å². The summed E-state index contributed by atoms with van der Waals surface area (Å²) in [6.07, 6.45) is 2.84. The average molecular weight is 398 g/mol. The second-order valence-corrected chi connectivity index (χ2v) is 8.16. The topological polar surface area (TPSA) is 54.9 Å². The highest BCUT2D eigenvalue weighted by Crippen LogP contribution is 2.36. The van der Waals surface area contributed by atoms with Crippen LogP contribution in [0.5, 0.6) is 0 Å². The lowest BCUT2D eigenvalue weighted by Gasteiger charge is -2.29. The molecule has 6 nitrogen and oxygen atoms in total. The third-order valence-electron chi connectivity index (χ3n) is 6.25. The maximum Gasteiger partial charge on any atom is 0.341 e. The average Bonchev–Trinajstić information content (AvgIpc) is 3.19. The van der Waals surface area contributed by atoms with Gasteiger partial charge in [0.1, 0.15) is 5.56 Å². The first kappa shape index (κ1) is 20.1. The van der Waals surface area contributed by atoms with Crippen LogP contribution < -0.4 is 4.90 Å². The molecule has 2 fully saturated rings. The number of morpholine rings is 1. The fourth-order valence-electron chi connectivity index (χ4n) is 4.53. The zero-order chi connectivity index (χ0) is 20.4. The Bertz CT molecular complexity index is 893. The standard InChI is InChI=1S/C23H31N3O3/c1-4-29-23(27)20-13-24-21-17(3)16(2)5-6-19(21)22(20)26-8-7-18(15-26)14-25-9-11-28-12-10-25/h5-6,13,18H,4,7-12,14-15H2,1-3H3. The molecular formula is C23H31N3O3. The van der Waals surface area contributed by atoms with Gasteiger partial charge in [-0.15, -0.1) is 0 Å².